The summed E-state index contributed by atoms with van der Waals surface area (Å²) in [6, 6.07) is 12.7. The third-order valence-corrected chi connectivity index (χ3v) is 6.14. The lowest BCUT2D eigenvalue weighted by atomic mass is 10.3. The normalized spacial score (nSPS) is 20.6. The first-order chi connectivity index (χ1) is 11.1. The average molecular weight is 333 g/mol. The highest BCUT2D eigenvalue weighted by atomic mass is 32.2. The molecular weight excluding hydrogens is 310 g/mol. The second kappa shape index (κ2) is 6.89. The minimum atomic E-state index is -3.17. The lowest BCUT2D eigenvalue weighted by Crippen LogP contribution is -2.18. The summed E-state index contributed by atoms with van der Waals surface area (Å²) in [5.41, 5.74) is 0. The van der Waals surface area contributed by atoms with E-state index in [1.165, 1.54) is 6.42 Å². The van der Waals surface area contributed by atoms with Crippen molar-refractivity contribution in [2.24, 2.45) is 5.92 Å². The SMILES string of the molecule is CC1CC1c1ccc(CNCCCS(=O)(=O)c2ccccc2)o1. The van der Waals surface area contributed by atoms with Crippen LogP contribution in [0.1, 0.15) is 37.2 Å². The molecule has 1 aliphatic carbocycles. The number of sulfone groups is 1. The Morgan fingerprint density at radius 1 is 1.17 bits per heavy atom. The van der Waals surface area contributed by atoms with Gasteiger partial charge in [0.25, 0.3) is 0 Å². The minimum Gasteiger partial charge on any atom is -0.464 e. The first-order valence-electron chi connectivity index (χ1n) is 8.13. The van der Waals surface area contributed by atoms with Crippen molar-refractivity contribution < 1.29 is 12.8 Å². The molecule has 23 heavy (non-hydrogen) atoms. The van der Waals surface area contributed by atoms with Gasteiger partial charge in [0.1, 0.15) is 11.5 Å². The van der Waals surface area contributed by atoms with Gasteiger partial charge in [-0.15, -0.1) is 0 Å². The Hall–Kier alpha value is -1.59. The van der Waals surface area contributed by atoms with Gasteiger partial charge < -0.3 is 9.73 Å². The molecule has 2 aromatic rings. The number of benzene rings is 1. The average Bonchev–Trinajstić information content (AvgIpc) is 3.09. The van der Waals surface area contributed by atoms with E-state index in [9.17, 15) is 8.42 Å². The molecule has 2 unspecified atom stereocenters. The van der Waals surface area contributed by atoms with Crippen molar-refractivity contribution in [1.29, 1.82) is 0 Å². The summed E-state index contributed by atoms with van der Waals surface area (Å²) in [6.07, 6.45) is 1.81. The summed E-state index contributed by atoms with van der Waals surface area (Å²) in [5.74, 6) is 3.50. The maximum absolute atomic E-state index is 12.1. The molecule has 124 valence electrons. The third-order valence-electron chi connectivity index (χ3n) is 4.33. The van der Waals surface area contributed by atoms with Gasteiger partial charge in [-0.25, -0.2) is 8.42 Å². The molecule has 1 saturated carbocycles. The fraction of sp³-hybridized carbons (Fsp3) is 0.444. The molecular formula is C18H23NO3S. The van der Waals surface area contributed by atoms with Crippen molar-refractivity contribution in [3.8, 4) is 0 Å². The Morgan fingerprint density at radius 2 is 1.91 bits per heavy atom. The summed E-state index contributed by atoms with van der Waals surface area (Å²) in [4.78, 5) is 0.397. The molecule has 5 heteroatoms. The van der Waals surface area contributed by atoms with E-state index in [2.05, 4.69) is 18.3 Å². The van der Waals surface area contributed by atoms with Crippen LogP contribution in [0, 0.1) is 5.92 Å². The highest BCUT2D eigenvalue weighted by Gasteiger charge is 2.36. The van der Waals surface area contributed by atoms with E-state index < -0.39 is 9.84 Å². The van der Waals surface area contributed by atoms with Gasteiger partial charge in [-0.3, -0.25) is 0 Å². The Labute approximate surface area is 137 Å². The second-order valence-corrected chi connectivity index (χ2v) is 8.39. The van der Waals surface area contributed by atoms with Crippen molar-refractivity contribution in [2.45, 2.75) is 37.1 Å². The number of furan rings is 1. The number of hydrogen-bond acceptors (Lipinski definition) is 4. The number of hydrogen-bond donors (Lipinski definition) is 1. The van der Waals surface area contributed by atoms with Gasteiger partial charge >= 0.3 is 0 Å². The molecule has 0 amide bonds. The van der Waals surface area contributed by atoms with Gasteiger partial charge in [0.15, 0.2) is 9.84 Å². The Kier molecular flexibility index (Phi) is 4.87. The van der Waals surface area contributed by atoms with E-state index in [-0.39, 0.29) is 5.75 Å². The Morgan fingerprint density at radius 3 is 2.61 bits per heavy atom. The summed E-state index contributed by atoms with van der Waals surface area (Å²) in [7, 11) is -3.17. The van der Waals surface area contributed by atoms with Crippen molar-refractivity contribution in [1.82, 2.24) is 5.32 Å². The molecule has 0 bridgehead atoms. The maximum Gasteiger partial charge on any atom is 0.178 e. The molecule has 1 aliphatic rings. The fourth-order valence-corrected chi connectivity index (χ4v) is 4.08. The van der Waals surface area contributed by atoms with Gasteiger partial charge in [-0.1, -0.05) is 25.1 Å². The Bertz CT molecular complexity index is 737. The smallest absolute Gasteiger partial charge is 0.178 e. The summed E-state index contributed by atoms with van der Waals surface area (Å²) in [5, 5.41) is 3.25. The molecule has 1 N–H and O–H groups in total. The topological polar surface area (TPSA) is 59.3 Å². The zero-order chi connectivity index (χ0) is 16.3. The maximum atomic E-state index is 12.1. The van der Waals surface area contributed by atoms with Crippen molar-refractivity contribution >= 4 is 9.84 Å². The molecule has 0 radical (unpaired) electrons. The van der Waals surface area contributed by atoms with E-state index in [4.69, 9.17) is 4.42 Å². The second-order valence-electron chi connectivity index (χ2n) is 6.29. The van der Waals surface area contributed by atoms with Gasteiger partial charge in [-0.2, -0.15) is 0 Å². The van der Waals surface area contributed by atoms with E-state index in [0.717, 1.165) is 17.4 Å². The van der Waals surface area contributed by atoms with Crippen LogP contribution in [0.3, 0.4) is 0 Å². The first-order valence-corrected chi connectivity index (χ1v) is 9.78. The molecule has 1 aromatic carbocycles. The quantitative estimate of drug-likeness (QED) is 0.753. The van der Waals surface area contributed by atoms with Crippen LogP contribution in [0.4, 0.5) is 0 Å². The van der Waals surface area contributed by atoms with Crippen LogP contribution in [-0.2, 0) is 16.4 Å². The monoisotopic (exact) mass is 333 g/mol. The molecule has 1 fully saturated rings. The first kappa shape index (κ1) is 16.3. The zero-order valence-electron chi connectivity index (χ0n) is 13.4. The number of nitrogens with one attached hydrogen (secondary N) is 1. The van der Waals surface area contributed by atoms with Gasteiger partial charge in [0.05, 0.1) is 17.2 Å². The van der Waals surface area contributed by atoms with E-state index >= 15 is 0 Å². The predicted octanol–water partition coefficient (Wildman–Crippen LogP) is 3.36. The van der Waals surface area contributed by atoms with Crippen LogP contribution < -0.4 is 5.32 Å². The highest BCUT2D eigenvalue weighted by molar-refractivity contribution is 7.91. The molecule has 1 heterocycles. The molecule has 0 saturated heterocycles. The van der Waals surface area contributed by atoms with Crippen LogP contribution in [0.2, 0.25) is 0 Å². The van der Waals surface area contributed by atoms with Crippen LogP contribution in [0.15, 0.2) is 51.8 Å². The van der Waals surface area contributed by atoms with Crippen molar-refractivity contribution in [3.63, 3.8) is 0 Å². The molecule has 0 spiro atoms. The number of rotatable bonds is 8. The summed E-state index contributed by atoms with van der Waals surface area (Å²) >= 11 is 0. The molecule has 1 aromatic heterocycles. The van der Waals surface area contributed by atoms with Crippen LogP contribution in [0.5, 0.6) is 0 Å². The lowest BCUT2D eigenvalue weighted by Gasteiger charge is -2.05. The van der Waals surface area contributed by atoms with Gasteiger partial charge in [0.2, 0.25) is 0 Å². The van der Waals surface area contributed by atoms with Crippen LogP contribution in [0.25, 0.3) is 0 Å². The third kappa shape index (κ3) is 4.24. The molecule has 3 rings (SSSR count). The Balaban J connectivity index is 1.39. The van der Waals surface area contributed by atoms with Crippen molar-refractivity contribution in [3.05, 3.63) is 54.0 Å². The highest BCUT2D eigenvalue weighted by Crippen LogP contribution is 2.47. The summed E-state index contributed by atoms with van der Waals surface area (Å²) < 4.78 is 30.1. The van der Waals surface area contributed by atoms with Gasteiger partial charge in [-0.05, 0) is 49.6 Å². The lowest BCUT2D eigenvalue weighted by molar-refractivity contribution is 0.444. The standard InChI is InChI=1S/C18H23NO3S/c1-14-12-17(14)18-9-8-15(22-18)13-19-10-5-11-23(20,21)16-6-3-2-4-7-16/h2-4,6-9,14,17,19H,5,10-13H2,1H3. The van der Waals surface area contributed by atoms with Gasteiger partial charge in [0, 0.05) is 5.92 Å². The van der Waals surface area contributed by atoms with E-state index in [1.54, 1.807) is 24.3 Å². The minimum absolute atomic E-state index is 0.160. The molecule has 2 atom stereocenters. The zero-order valence-corrected chi connectivity index (χ0v) is 14.2. The summed E-state index contributed by atoms with van der Waals surface area (Å²) in [6.45, 7) is 3.53. The van der Waals surface area contributed by atoms with E-state index in [1.807, 2.05) is 12.1 Å². The molecule has 4 nitrogen and oxygen atoms in total. The molecule has 0 aliphatic heterocycles. The van der Waals surface area contributed by atoms with Crippen LogP contribution in [-0.4, -0.2) is 20.7 Å². The van der Waals surface area contributed by atoms with E-state index in [0.29, 0.717) is 30.3 Å². The largest absolute Gasteiger partial charge is 0.464 e. The van der Waals surface area contributed by atoms with Crippen molar-refractivity contribution in [2.75, 3.05) is 12.3 Å². The predicted molar refractivity (Wildman–Crippen MR) is 90.0 cm³/mol. The fourth-order valence-electron chi connectivity index (χ4n) is 2.75. The van der Waals surface area contributed by atoms with Crippen LogP contribution >= 0.6 is 0 Å².